The Morgan fingerprint density at radius 1 is 1.14 bits per heavy atom. The van der Waals surface area contributed by atoms with Gasteiger partial charge in [-0.25, -0.2) is 4.79 Å². The molecule has 0 spiro atoms. The number of nitrogens with zero attached hydrogens (tertiary/aromatic N) is 3. The van der Waals surface area contributed by atoms with E-state index in [-0.39, 0.29) is 41.9 Å². The zero-order valence-electron chi connectivity index (χ0n) is 19.5. The number of hydrogen-bond acceptors (Lipinski definition) is 7. The molecule has 0 aliphatic carbocycles. The molecular formula is C24H27N5O6. The molecular weight excluding hydrogens is 454 g/mol. The van der Waals surface area contributed by atoms with Gasteiger partial charge in [0.25, 0.3) is 11.5 Å². The van der Waals surface area contributed by atoms with Gasteiger partial charge in [0.05, 0.1) is 11.5 Å². The van der Waals surface area contributed by atoms with Crippen LogP contribution in [-0.2, 0) is 11.3 Å². The number of H-pyrrole nitrogens is 1. The van der Waals surface area contributed by atoms with Crippen LogP contribution in [0.15, 0.2) is 64.2 Å². The number of nitrogen functional groups attached to an aromatic ring is 1. The van der Waals surface area contributed by atoms with Crippen molar-refractivity contribution in [1.29, 1.82) is 0 Å². The van der Waals surface area contributed by atoms with Crippen molar-refractivity contribution in [3.05, 3.63) is 91.1 Å². The lowest BCUT2D eigenvalue weighted by atomic mass is 10.1. The molecule has 0 atom stereocenters. The van der Waals surface area contributed by atoms with Crippen molar-refractivity contribution in [2.75, 3.05) is 23.8 Å². The minimum atomic E-state index is -0.806. The second kappa shape index (κ2) is 11.1. The van der Waals surface area contributed by atoms with Crippen LogP contribution in [-0.4, -0.2) is 33.5 Å². The predicted molar refractivity (Wildman–Crippen MR) is 132 cm³/mol. The van der Waals surface area contributed by atoms with Crippen molar-refractivity contribution >= 4 is 23.1 Å². The summed E-state index contributed by atoms with van der Waals surface area (Å²) in [6, 6.07) is 14.7. The molecule has 1 heterocycles. The maximum atomic E-state index is 13.2. The summed E-state index contributed by atoms with van der Waals surface area (Å²) in [6.45, 7) is 3.56. The highest BCUT2D eigenvalue weighted by atomic mass is 16.6. The highest BCUT2D eigenvalue weighted by molar-refractivity contribution is 5.96. The van der Waals surface area contributed by atoms with Gasteiger partial charge in [-0.2, -0.15) is 0 Å². The molecule has 35 heavy (non-hydrogen) atoms. The Balaban J connectivity index is 1.97. The second-order valence-electron chi connectivity index (χ2n) is 8.31. The van der Waals surface area contributed by atoms with E-state index < -0.39 is 28.7 Å². The lowest BCUT2D eigenvalue weighted by molar-refractivity contribution is -0.385. The molecule has 2 aromatic carbocycles. The number of anilines is 2. The summed E-state index contributed by atoms with van der Waals surface area (Å²) in [5.41, 5.74) is 5.08. The fraction of sp³-hybridized carbons (Fsp3) is 0.292. The number of nitrogens with two attached hydrogens (primary N) is 1. The number of ether oxygens (including phenoxy) is 1. The monoisotopic (exact) mass is 481 g/mol. The van der Waals surface area contributed by atoms with Gasteiger partial charge >= 0.3 is 11.4 Å². The van der Waals surface area contributed by atoms with Crippen LogP contribution in [0.1, 0.15) is 25.8 Å². The molecule has 1 amide bonds. The fourth-order valence-electron chi connectivity index (χ4n) is 3.46. The van der Waals surface area contributed by atoms with Gasteiger partial charge < -0.3 is 15.4 Å². The minimum absolute atomic E-state index is 0.0782. The number of hydrogen-bond donors (Lipinski definition) is 2. The standard InChI is InChI=1S/C24H27N5O6/c1-16(2)12-13-27(20(30)15-35-19-11-7-6-10-18(19)29(33)34)21-22(25)28(24(32)26-23(21)31)14-17-8-4-3-5-9-17/h3-11,16H,12-15,25H2,1-2H3,(H,26,31,32). The molecule has 0 aliphatic heterocycles. The molecule has 0 fully saturated rings. The van der Waals surface area contributed by atoms with E-state index in [2.05, 4.69) is 4.98 Å². The number of amides is 1. The number of aromatic amines is 1. The molecule has 11 heteroatoms. The maximum absolute atomic E-state index is 13.2. The molecule has 0 unspecified atom stereocenters. The van der Waals surface area contributed by atoms with Crippen LogP contribution in [0.4, 0.5) is 17.2 Å². The van der Waals surface area contributed by atoms with Crippen LogP contribution in [0.2, 0.25) is 0 Å². The second-order valence-corrected chi connectivity index (χ2v) is 8.31. The zero-order chi connectivity index (χ0) is 25.5. The van der Waals surface area contributed by atoms with Crippen molar-refractivity contribution in [3.63, 3.8) is 0 Å². The van der Waals surface area contributed by atoms with Gasteiger partial charge in [0, 0.05) is 12.6 Å². The Labute approximate surface area is 200 Å². The van der Waals surface area contributed by atoms with E-state index in [1.54, 1.807) is 18.2 Å². The maximum Gasteiger partial charge on any atom is 0.330 e. The van der Waals surface area contributed by atoms with Gasteiger partial charge in [-0.1, -0.05) is 56.3 Å². The largest absolute Gasteiger partial charge is 0.477 e. The van der Waals surface area contributed by atoms with Gasteiger partial charge in [0.2, 0.25) is 0 Å². The van der Waals surface area contributed by atoms with Gasteiger partial charge in [-0.15, -0.1) is 0 Å². The molecule has 0 radical (unpaired) electrons. The Bertz CT molecular complexity index is 1320. The lowest BCUT2D eigenvalue weighted by Gasteiger charge is -2.25. The van der Waals surface area contributed by atoms with Crippen LogP contribution in [0, 0.1) is 16.0 Å². The van der Waals surface area contributed by atoms with Crippen LogP contribution in [0.5, 0.6) is 5.75 Å². The Hall–Kier alpha value is -4.41. The van der Waals surface area contributed by atoms with Gasteiger partial charge in [-0.05, 0) is 24.0 Å². The van der Waals surface area contributed by atoms with E-state index in [1.807, 2.05) is 32.0 Å². The summed E-state index contributed by atoms with van der Waals surface area (Å²) >= 11 is 0. The number of benzene rings is 2. The first-order chi connectivity index (χ1) is 16.7. The molecule has 0 aliphatic rings. The molecule has 3 N–H and O–H groups in total. The van der Waals surface area contributed by atoms with E-state index in [9.17, 15) is 24.5 Å². The van der Waals surface area contributed by atoms with Crippen molar-refractivity contribution in [2.24, 2.45) is 5.92 Å². The van der Waals surface area contributed by atoms with E-state index in [0.29, 0.717) is 6.42 Å². The number of carbonyl (C=O) groups is 1. The van der Waals surface area contributed by atoms with E-state index in [1.165, 1.54) is 27.7 Å². The molecule has 0 saturated carbocycles. The van der Waals surface area contributed by atoms with E-state index in [4.69, 9.17) is 10.5 Å². The molecule has 0 saturated heterocycles. The van der Waals surface area contributed by atoms with E-state index in [0.717, 1.165) is 5.56 Å². The third kappa shape index (κ3) is 6.14. The smallest absolute Gasteiger partial charge is 0.330 e. The highest BCUT2D eigenvalue weighted by Gasteiger charge is 2.26. The van der Waals surface area contributed by atoms with E-state index >= 15 is 0 Å². The third-order valence-electron chi connectivity index (χ3n) is 5.31. The minimum Gasteiger partial charge on any atom is -0.477 e. The SMILES string of the molecule is CC(C)CCN(C(=O)COc1ccccc1[N+](=O)[O-])c1c(N)n(Cc2ccccc2)c(=O)[nH]c1=O. The first-order valence-electron chi connectivity index (χ1n) is 11.0. The molecule has 0 bridgehead atoms. The van der Waals surface area contributed by atoms with Crippen molar-refractivity contribution in [3.8, 4) is 5.75 Å². The average Bonchev–Trinajstić information content (AvgIpc) is 2.82. The summed E-state index contributed by atoms with van der Waals surface area (Å²) < 4.78 is 6.63. The molecule has 3 aromatic rings. The van der Waals surface area contributed by atoms with Gasteiger partial charge in [0.15, 0.2) is 18.0 Å². The third-order valence-corrected chi connectivity index (χ3v) is 5.31. The number of aromatic nitrogens is 2. The number of carbonyl (C=O) groups excluding carboxylic acids is 1. The van der Waals surface area contributed by atoms with Gasteiger partial charge in [0.1, 0.15) is 5.82 Å². The zero-order valence-corrected chi connectivity index (χ0v) is 19.5. The summed E-state index contributed by atoms with van der Waals surface area (Å²) in [7, 11) is 0. The first-order valence-corrected chi connectivity index (χ1v) is 11.0. The highest BCUT2D eigenvalue weighted by Crippen LogP contribution is 2.26. The number of para-hydroxylation sites is 2. The Morgan fingerprint density at radius 3 is 2.46 bits per heavy atom. The number of nitrogens with one attached hydrogen (secondary N) is 1. The van der Waals surface area contributed by atoms with Gasteiger partial charge in [-0.3, -0.25) is 29.3 Å². The Morgan fingerprint density at radius 2 is 1.80 bits per heavy atom. The molecule has 1 aromatic heterocycles. The van der Waals surface area contributed by atoms with Crippen molar-refractivity contribution in [1.82, 2.24) is 9.55 Å². The summed E-state index contributed by atoms with van der Waals surface area (Å²) in [4.78, 5) is 52.6. The van der Waals surface area contributed by atoms with Crippen LogP contribution in [0.3, 0.4) is 0 Å². The summed E-state index contributed by atoms with van der Waals surface area (Å²) in [6.07, 6.45) is 0.536. The molecule has 3 rings (SSSR count). The Kier molecular flexibility index (Phi) is 8.03. The van der Waals surface area contributed by atoms with Crippen molar-refractivity contribution < 1.29 is 14.5 Å². The van der Waals surface area contributed by atoms with Crippen LogP contribution >= 0.6 is 0 Å². The predicted octanol–water partition coefficient (Wildman–Crippen LogP) is 2.53. The van der Waals surface area contributed by atoms with Crippen LogP contribution < -0.4 is 26.6 Å². The topological polar surface area (TPSA) is 154 Å². The first kappa shape index (κ1) is 25.2. The number of nitro benzene ring substituents is 1. The summed E-state index contributed by atoms with van der Waals surface area (Å²) in [5, 5.41) is 11.2. The molecule has 11 nitrogen and oxygen atoms in total. The lowest BCUT2D eigenvalue weighted by Crippen LogP contribution is -2.43. The normalized spacial score (nSPS) is 10.8. The fourth-order valence-corrected chi connectivity index (χ4v) is 3.46. The summed E-state index contributed by atoms with van der Waals surface area (Å²) in [5.74, 6) is -0.682. The van der Waals surface area contributed by atoms with Crippen LogP contribution in [0.25, 0.3) is 0 Å². The number of nitro groups is 1. The molecule has 184 valence electrons. The number of rotatable bonds is 10. The average molecular weight is 482 g/mol. The van der Waals surface area contributed by atoms with Crippen molar-refractivity contribution in [2.45, 2.75) is 26.8 Å². The quantitative estimate of drug-likeness (QED) is 0.333.